The van der Waals surface area contributed by atoms with E-state index in [0.29, 0.717) is 11.5 Å². The van der Waals surface area contributed by atoms with Crippen molar-refractivity contribution in [3.05, 3.63) is 59.7 Å². The molecule has 0 aliphatic carbocycles. The second-order valence-electron chi connectivity index (χ2n) is 5.18. The first-order chi connectivity index (χ1) is 10.2. The van der Waals surface area contributed by atoms with Crippen molar-refractivity contribution < 1.29 is 4.79 Å². The van der Waals surface area contributed by atoms with Crippen LogP contribution in [0.15, 0.2) is 48.5 Å². The van der Waals surface area contributed by atoms with E-state index in [9.17, 15) is 4.79 Å². The minimum atomic E-state index is -0.101. The third kappa shape index (κ3) is 3.63. The number of hydrogen-bond acceptors (Lipinski definition) is 2. The van der Waals surface area contributed by atoms with Crippen molar-refractivity contribution in [3.63, 3.8) is 0 Å². The summed E-state index contributed by atoms with van der Waals surface area (Å²) in [4.78, 5) is 12.3. The Labute approximate surface area is 126 Å². The van der Waals surface area contributed by atoms with Gasteiger partial charge in [-0.25, -0.2) is 0 Å². The number of amides is 1. The first kappa shape index (κ1) is 15.1. The van der Waals surface area contributed by atoms with Crippen LogP contribution in [0.1, 0.15) is 42.1 Å². The Morgan fingerprint density at radius 3 is 2.38 bits per heavy atom. The largest absolute Gasteiger partial charge is 0.387 e. The van der Waals surface area contributed by atoms with E-state index in [1.807, 2.05) is 43.4 Å². The number of benzene rings is 2. The van der Waals surface area contributed by atoms with Gasteiger partial charge in [0.25, 0.3) is 5.91 Å². The van der Waals surface area contributed by atoms with Crippen molar-refractivity contribution >= 4 is 17.3 Å². The molecule has 2 N–H and O–H groups in total. The Kier molecular flexibility index (Phi) is 4.99. The van der Waals surface area contributed by atoms with Gasteiger partial charge in [0.2, 0.25) is 0 Å². The predicted molar refractivity (Wildman–Crippen MR) is 89.1 cm³/mol. The minimum Gasteiger partial charge on any atom is -0.387 e. The van der Waals surface area contributed by atoms with E-state index in [4.69, 9.17) is 0 Å². The van der Waals surface area contributed by atoms with E-state index in [2.05, 4.69) is 36.6 Å². The van der Waals surface area contributed by atoms with Gasteiger partial charge in [0.05, 0.1) is 5.56 Å². The molecule has 3 heteroatoms. The highest BCUT2D eigenvalue weighted by Gasteiger charge is 2.10. The van der Waals surface area contributed by atoms with Crippen molar-refractivity contribution in [2.24, 2.45) is 0 Å². The lowest BCUT2D eigenvalue weighted by Crippen LogP contribution is -2.13. The zero-order chi connectivity index (χ0) is 15.2. The first-order valence-electron chi connectivity index (χ1n) is 7.33. The highest BCUT2D eigenvalue weighted by molar-refractivity contribution is 6.08. The van der Waals surface area contributed by atoms with Crippen LogP contribution in [-0.2, 0) is 0 Å². The first-order valence-corrected chi connectivity index (χ1v) is 7.33. The minimum absolute atomic E-state index is 0.101. The molecule has 2 aromatic carbocycles. The molecule has 0 spiro atoms. The predicted octanol–water partition coefficient (Wildman–Crippen LogP) is 4.49. The molecule has 0 aliphatic rings. The highest BCUT2D eigenvalue weighted by atomic mass is 16.1. The molecule has 0 radical (unpaired) electrons. The third-order valence-corrected chi connectivity index (χ3v) is 3.79. The van der Waals surface area contributed by atoms with E-state index in [1.54, 1.807) is 0 Å². The molecular formula is C18H22N2O. The average Bonchev–Trinajstić information content (AvgIpc) is 2.54. The summed E-state index contributed by atoms with van der Waals surface area (Å²) < 4.78 is 0. The second-order valence-corrected chi connectivity index (χ2v) is 5.18. The summed E-state index contributed by atoms with van der Waals surface area (Å²) in [6, 6.07) is 15.5. The lowest BCUT2D eigenvalue weighted by Gasteiger charge is -2.12. The monoisotopic (exact) mass is 282 g/mol. The highest BCUT2D eigenvalue weighted by Crippen LogP contribution is 2.21. The van der Waals surface area contributed by atoms with Crippen molar-refractivity contribution in [1.82, 2.24) is 0 Å². The van der Waals surface area contributed by atoms with E-state index in [-0.39, 0.29) is 5.91 Å². The van der Waals surface area contributed by atoms with Gasteiger partial charge >= 0.3 is 0 Å². The fourth-order valence-corrected chi connectivity index (χ4v) is 2.23. The zero-order valence-electron chi connectivity index (χ0n) is 12.8. The molecule has 0 bridgehead atoms. The summed E-state index contributed by atoms with van der Waals surface area (Å²) in [5.41, 5.74) is 3.58. The van der Waals surface area contributed by atoms with Crippen LogP contribution in [0.5, 0.6) is 0 Å². The van der Waals surface area contributed by atoms with Crippen molar-refractivity contribution in [2.45, 2.75) is 26.2 Å². The van der Waals surface area contributed by atoms with Crippen LogP contribution in [0.2, 0.25) is 0 Å². The maximum Gasteiger partial charge on any atom is 0.257 e. The topological polar surface area (TPSA) is 41.1 Å². The van der Waals surface area contributed by atoms with Crippen LogP contribution >= 0.6 is 0 Å². The van der Waals surface area contributed by atoms with E-state index in [0.717, 1.165) is 17.8 Å². The van der Waals surface area contributed by atoms with Crippen LogP contribution < -0.4 is 10.6 Å². The quantitative estimate of drug-likeness (QED) is 0.848. The van der Waals surface area contributed by atoms with Crippen LogP contribution in [0.4, 0.5) is 11.4 Å². The van der Waals surface area contributed by atoms with Crippen LogP contribution in [0, 0.1) is 0 Å². The Hall–Kier alpha value is -2.29. The number of anilines is 2. The molecule has 2 aromatic rings. The molecule has 0 saturated carbocycles. The number of nitrogens with one attached hydrogen (secondary N) is 2. The summed E-state index contributed by atoms with van der Waals surface area (Å²) in [5, 5.41) is 5.97. The van der Waals surface area contributed by atoms with Gasteiger partial charge in [-0.2, -0.15) is 0 Å². The van der Waals surface area contributed by atoms with Gasteiger partial charge in [-0.05, 0) is 42.2 Å². The van der Waals surface area contributed by atoms with Gasteiger partial charge in [-0.3, -0.25) is 4.79 Å². The number of rotatable bonds is 5. The smallest absolute Gasteiger partial charge is 0.257 e. The van der Waals surface area contributed by atoms with Gasteiger partial charge in [-0.1, -0.05) is 38.1 Å². The van der Waals surface area contributed by atoms with Crippen LogP contribution in [-0.4, -0.2) is 13.0 Å². The van der Waals surface area contributed by atoms with Gasteiger partial charge in [0.15, 0.2) is 0 Å². The Balaban J connectivity index is 2.12. The molecule has 21 heavy (non-hydrogen) atoms. The van der Waals surface area contributed by atoms with Crippen molar-refractivity contribution in [3.8, 4) is 0 Å². The number of carbonyl (C=O) groups is 1. The summed E-state index contributed by atoms with van der Waals surface area (Å²) in [6.45, 7) is 4.38. The molecule has 1 atom stereocenters. The fourth-order valence-electron chi connectivity index (χ4n) is 2.23. The summed E-state index contributed by atoms with van der Waals surface area (Å²) in [7, 11) is 1.81. The van der Waals surface area contributed by atoms with E-state index >= 15 is 0 Å². The van der Waals surface area contributed by atoms with E-state index < -0.39 is 0 Å². The Morgan fingerprint density at radius 1 is 1.10 bits per heavy atom. The molecule has 3 nitrogen and oxygen atoms in total. The maximum atomic E-state index is 12.3. The molecule has 110 valence electrons. The summed E-state index contributed by atoms with van der Waals surface area (Å²) in [5.74, 6) is 0.441. The molecule has 0 heterocycles. The van der Waals surface area contributed by atoms with Gasteiger partial charge < -0.3 is 10.6 Å². The Morgan fingerprint density at radius 2 is 1.76 bits per heavy atom. The van der Waals surface area contributed by atoms with Gasteiger partial charge in [0, 0.05) is 18.4 Å². The third-order valence-electron chi connectivity index (χ3n) is 3.79. The molecule has 0 saturated heterocycles. The number of carbonyl (C=O) groups excluding carboxylic acids is 1. The SMILES string of the molecule is CCC(C)c1ccc(NC(=O)c2ccccc2NC)cc1. The average molecular weight is 282 g/mol. The van der Waals surface area contributed by atoms with Gasteiger partial charge in [-0.15, -0.1) is 0 Å². The molecule has 1 unspecified atom stereocenters. The Bertz CT molecular complexity index is 605. The van der Waals surface area contributed by atoms with E-state index in [1.165, 1.54) is 5.56 Å². The molecule has 0 aliphatic heterocycles. The molecule has 0 aromatic heterocycles. The molecule has 2 rings (SSSR count). The van der Waals surface area contributed by atoms with Crippen molar-refractivity contribution in [1.29, 1.82) is 0 Å². The van der Waals surface area contributed by atoms with Crippen LogP contribution in [0.25, 0.3) is 0 Å². The fraction of sp³-hybridized carbons (Fsp3) is 0.278. The van der Waals surface area contributed by atoms with Crippen LogP contribution in [0.3, 0.4) is 0 Å². The zero-order valence-corrected chi connectivity index (χ0v) is 12.8. The van der Waals surface area contributed by atoms with Crippen molar-refractivity contribution in [2.75, 3.05) is 17.7 Å². The maximum absolute atomic E-state index is 12.3. The second kappa shape index (κ2) is 6.93. The molecule has 1 amide bonds. The standard InChI is InChI=1S/C18H22N2O/c1-4-13(2)14-9-11-15(12-10-14)20-18(21)16-7-5-6-8-17(16)19-3/h5-13,19H,4H2,1-3H3,(H,20,21). The lowest BCUT2D eigenvalue weighted by atomic mass is 9.98. The molecule has 0 fully saturated rings. The normalized spacial score (nSPS) is 11.8. The summed E-state index contributed by atoms with van der Waals surface area (Å²) >= 11 is 0. The summed E-state index contributed by atoms with van der Waals surface area (Å²) in [6.07, 6.45) is 1.11. The number of hydrogen-bond donors (Lipinski definition) is 2. The van der Waals surface area contributed by atoms with Gasteiger partial charge in [0.1, 0.15) is 0 Å². The number of para-hydroxylation sites is 1. The lowest BCUT2D eigenvalue weighted by molar-refractivity contribution is 0.102. The molecular weight excluding hydrogens is 260 g/mol.